The number of ether oxygens (including phenoxy) is 2. The number of aliphatic hydroxyl groups excluding tert-OH is 5. The zero-order chi connectivity index (χ0) is 38.1. The number of allylic oxidation sites excluding steroid dienone is 9. The number of rotatable bonds is 32. The maximum Gasteiger partial charge on any atom is 0.220 e. The molecule has 0 spiro atoms. The molecule has 0 aromatic carbocycles. The number of nitrogens with one attached hydrogen (secondary N) is 1. The van der Waals surface area contributed by atoms with Crippen LogP contribution in [0.1, 0.15) is 149 Å². The third-order valence-electron chi connectivity index (χ3n) is 9.35. The van der Waals surface area contributed by atoms with E-state index in [1.165, 1.54) is 51.4 Å². The minimum absolute atomic E-state index is 0.193. The van der Waals surface area contributed by atoms with Gasteiger partial charge < -0.3 is 40.3 Å². The van der Waals surface area contributed by atoms with Crippen LogP contribution in [0.5, 0.6) is 0 Å². The second-order valence-electron chi connectivity index (χ2n) is 14.0. The molecule has 0 bridgehead atoms. The van der Waals surface area contributed by atoms with Crippen LogP contribution in [-0.4, -0.2) is 87.5 Å². The molecule has 1 fully saturated rings. The van der Waals surface area contributed by atoms with E-state index in [0.717, 1.165) is 77.0 Å². The van der Waals surface area contributed by atoms with E-state index in [1.807, 2.05) is 6.08 Å². The Kier molecular flexibility index (Phi) is 30.8. The SMILES string of the molecule is CC/C=C\C/C=C\C/C=C\C/C=C\CCCCCCCCCCC(=O)NC(COC1OC(CO)C(O)C(O)C1O)C(O)/C=C/CCCCCCCC. The van der Waals surface area contributed by atoms with Crippen molar-refractivity contribution in [1.82, 2.24) is 5.32 Å². The van der Waals surface area contributed by atoms with Crippen molar-refractivity contribution in [1.29, 1.82) is 0 Å². The number of unbranched alkanes of at least 4 members (excludes halogenated alkanes) is 14. The van der Waals surface area contributed by atoms with Crippen molar-refractivity contribution in [2.24, 2.45) is 0 Å². The number of carbonyl (C=O) groups excluding carboxylic acids is 1. The van der Waals surface area contributed by atoms with Gasteiger partial charge in [-0.3, -0.25) is 4.79 Å². The molecule has 1 rings (SSSR count). The summed E-state index contributed by atoms with van der Waals surface area (Å²) in [6.45, 7) is 3.58. The Morgan fingerprint density at radius 1 is 0.673 bits per heavy atom. The van der Waals surface area contributed by atoms with Crippen molar-refractivity contribution in [3.05, 3.63) is 60.8 Å². The van der Waals surface area contributed by atoms with E-state index in [0.29, 0.717) is 6.42 Å². The minimum atomic E-state index is -1.57. The van der Waals surface area contributed by atoms with E-state index in [4.69, 9.17) is 9.47 Å². The van der Waals surface area contributed by atoms with Gasteiger partial charge in [0.15, 0.2) is 6.29 Å². The molecule has 7 unspecified atom stereocenters. The Morgan fingerprint density at radius 3 is 1.77 bits per heavy atom. The Morgan fingerprint density at radius 2 is 1.19 bits per heavy atom. The molecule has 0 radical (unpaired) electrons. The minimum Gasteiger partial charge on any atom is -0.394 e. The lowest BCUT2D eigenvalue weighted by Gasteiger charge is -2.40. The molecule has 1 saturated heterocycles. The lowest BCUT2D eigenvalue weighted by molar-refractivity contribution is -0.302. The van der Waals surface area contributed by atoms with Crippen LogP contribution >= 0.6 is 0 Å². The number of hydrogen-bond acceptors (Lipinski definition) is 8. The zero-order valence-electron chi connectivity index (χ0n) is 32.5. The predicted molar refractivity (Wildman–Crippen MR) is 212 cm³/mol. The Balaban J connectivity index is 2.32. The molecule has 1 amide bonds. The lowest BCUT2D eigenvalue weighted by Crippen LogP contribution is -2.60. The fourth-order valence-electron chi connectivity index (χ4n) is 6.03. The molecule has 0 aromatic heterocycles. The van der Waals surface area contributed by atoms with Crippen LogP contribution in [0.15, 0.2) is 60.8 Å². The molecule has 7 atom stereocenters. The second kappa shape index (κ2) is 33.5. The molecule has 6 N–H and O–H groups in total. The molecule has 0 aromatic rings. The summed E-state index contributed by atoms with van der Waals surface area (Å²) in [6, 6.07) is -0.808. The molecule has 0 saturated carbocycles. The first-order valence-corrected chi connectivity index (χ1v) is 20.5. The highest BCUT2D eigenvalue weighted by Gasteiger charge is 2.44. The second-order valence-corrected chi connectivity index (χ2v) is 14.0. The lowest BCUT2D eigenvalue weighted by atomic mass is 9.99. The monoisotopic (exact) mass is 734 g/mol. The molecular formula is C43H75NO8. The summed E-state index contributed by atoms with van der Waals surface area (Å²) in [5, 5.41) is 53.8. The van der Waals surface area contributed by atoms with Crippen LogP contribution in [0, 0.1) is 0 Å². The predicted octanol–water partition coefficient (Wildman–Crippen LogP) is 7.66. The van der Waals surface area contributed by atoms with Gasteiger partial charge in [-0.1, -0.05) is 145 Å². The van der Waals surface area contributed by atoms with Gasteiger partial charge in [0, 0.05) is 6.42 Å². The molecule has 0 aliphatic carbocycles. The summed E-state index contributed by atoms with van der Waals surface area (Å²) in [5.41, 5.74) is 0. The summed E-state index contributed by atoms with van der Waals surface area (Å²) < 4.78 is 11.1. The maximum absolute atomic E-state index is 12.9. The highest BCUT2D eigenvalue weighted by Crippen LogP contribution is 2.22. The maximum atomic E-state index is 12.9. The van der Waals surface area contributed by atoms with E-state index >= 15 is 0 Å². The molecule has 9 heteroatoms. The van der Waals surface area contributed by atoms with Crippen LogP contribution in [0.3, 0.4) is 0 Å². The van der Waals surface area contributed by atoms with Crippen LogP contribution in [0.4, 0.5) is 0 Å². The van der Waals surface area contributed by atoms with E-state index in [2.05, 4.69) is 67.8 Å². The third-order valence-corrected chi connectivity index (χ3v) is 9.35. The van der Waals surface area contributed by atoms with Crippen LogP contribution < -0.4 is 5.32 Å². The van der Waals surface area contributed by atoms with Crippen LogP contribution in [0.2, 0.25) is 0 Å². The number of aliphatic hydroxyl groups is 5. The zero-order valence-corrected chi connectivity index (χ0v) is 32.5. The largest absolute Gasteiger partial charge is 0.394 e. The summed E-state index contributed by atoms with van der Waals surface area (Å²) in [5.74, 6) is -0.193. The van der Waals surface area contributed by atoms with E-state index in [1.54, 1.807) is 6.08 Å². The van der Waals surface area contributed by atoms with Gasteiger partial charge in [-0.2, -0.15) is 0 Å². The molecule has 300 valence electrons. The van der Waals surface area contributed by atoms with Crippen LogP contribution in [-0.2, 0) is 14.3 Å². The van der Waals surface area contributed by atoms with Gasteiger partial charge in [-0.05, 0) is 57.8 Å². The molecule has 1 heterocycles. The van der Waals surface area contributed by atoms with Crippen molar-refractivity contribution in [2.45, 2.75) is 192 Å². The van der Waals surface area contributed by atoms with Gasteiger partial charge in [0.25, 0.3) is 0 Å². The summed E-state index contributed by atoms with van der Waals surface area (Å²) in [6.07, 6.45) is 35.6. The van der Waals surface area contributed by atoms with Gasteiger partial charge in [0.1, 0.15) is 24.4 Å². The Labute approximate surface area is 316 Å². The highest BCUT2D eigenvalue weighted by atomic mass is 16.7. The van der Waals surface area contributed by atoms with Gasteiger partial charge in [-0.25, -0.2) is 0 Å². The van der Waals surface area contributed by atoms with Crippen molar-refractivity contribution >= 4 is 5.91 Å². The number of amides is 1. The topological polar surface area (TPSA) is 149 Å². The number of hydrogen-bond donors (Lipinski definition) is 6. The smallest absolute Gasteiger partial charge is 0.220 e. The van der Waals surface area contributed by atoms with Gasteiger partial charge in [0.2, 0.25) is 5.91 Å². The quantitative estimate of drug-likeness (QED) is 0.0305. The molecule has 52 heavy (non-hydrogen) atoms. The molecule has 1 aliphatic heterocycles. The van der Waals surface area contributed by atoms with Gasteiger partial charge in [-0.15, -0.1) is 0 Å². The van der Waals surface area contributed by atoms with Gasteiger partial charge in [0.05, 0.1) is 25.4 Å². The van der Waals surface area contributed by atoms with E-state index in [-0.39, 0.29) is 12.5 Å². The van der Waals surface area contributed by atoms with Crippen molar-refractivity contribution in [3.63, 3.8) is 0 Å². The fraction of sp³-hybridized carbons (Fsp3) is 0.744. The first-order valence-electron chi connectivity index (χ1n) is 20.5. The summed E-state index contributed by atoms with van der Waals surface area (Å²) >= 11 is 0. The Bertz CT molecular complexity index is 994. The Hall–Kier alpha value is -2.11. The average molecular weight is 734 g/mol. The molecule has 9 nitrogen and oxygen atoms in total. The van der Waals surface area contributed by atoms with E-state index in [9.17, 15) is 30.3 Å². The van der Waals surface area contributed by atoms with E-state index < -0.39 is 49.5 Å². The third kappa shape index (κ3) is 24.3. The summed E-state index contributed by atoms with van der Waals surface area (Å²) in [7, 11) is 0. The molecular weight excluding hydrogens is 658 g/mol. The highest BCUT2D eigenvalue weighted by molar-refractivity contribution is 5.76. The van der Waals surface area contributed by atoms with Crippen molar-refractivity contribution in [2.75, 3.05) is 13.2 Å². The summed E-state index contributed by atoms with van der Waals surface area (Å²) in [4.78, 5) is 12.9. The fourth-order valence-corrected chi connectivity index (χ4v) is 6.03. The number of carbonyl (C=O) groups is 1. The standard InChI is InChI=1S/C43H75NO8/c1-3-5-7-9-11-13-14-15-16-17-18-19-20-21-22-23-24-25-27-29-31-33-39(47)44-36(37(46)32-30-28-26-12-10-8-6-4-2)35-51-43-42(50)41(49)40(48)38(34-45)52-43/h5,7,11,13,15-16,18-19,30,32,36-38,40-43,45-46,48-50H,3-4,6,8-10,12,14,17,20-29,31,33-35H2,1-2H3,(H,44,47)/b7-5-,13-11-,16-15-,19-18-,32-30+. The average Bonchev–Trinajstić information content (AvgIpc) is 3.14. The first kappa shape index (κ1) is 47.9. The normalized spacial score (nSPS) is 22.5. The van der Waals surface area contributed by atoms with Gasteiger partial charge >= 0.3 is 0 Å². The van der Waals surface area contributed by atoms with Crippen molar-refractivity contribution in [3.8, 4) is 0 Å². The van der Waals surface area contributed by atoms with Crippen molar-refractivity contribution < 1.29 is 39.8 Å². The first-order chi connectivity index (χ1) is 25.3. The molecule has 1 aliphatic rings. The van der Waals surface area contributed by atoms with Crippen LogP contribution in [0.25, 0.3) is 0 Å².